The maximum absolute atomic E-state index is 13.3. The first-order valence-electron chi connectivity index (χ1n) is 10.6. The molecule has 6 heteroatoms. The van der Waals surface area contributed by atoms with Gasteiger partial charge in [-0.2, -0.15) is 0 Å². The van der Waals surface area contributed by atoms with Crippen molar-refractivity contribution in [2.24, 2.45) is 0 Å². The molecular weight excluding hydrogens is 414 g/mol. The van der Waals surface area contributed by atoms with Gasteiger partial charge < -0.3 is 19.8 Å². The number of H-pyrrole nitrogens is 1. The van der Waals surface area contributed by atoms with E-state index in [9.17, 15) is 4.79 Å². The third kappa shape index (κ3) is 5.30. The highest BCUT2D eigenvalue weighted by Crippen LogP contribution is 2.30. The predicted octanol–water partition coefficient (Wildman–Crippen LogP) is 4.99. The molecule has 0 unspecified atom stereocenters. The van der Waals surface area contributed by atoms with Crippen molar-refractivity contribution in [2.45, 2.75) is 6.54 Å². The van der Waals surface area contributed by atoms with Crippen molar-refractivity contribution in [3.63, 3.8) is 0 Å². The predicted molar refractivity (Wildman–Crippen MR) is 131 cm³/mol. The zero-order valence-corrected chi connectivity index (χ0v) is 18.4. The van der Waals surface area contributed by atoms with E-state index in [0.29, 0.717) is 36.0 Å². The number of hydrogen-bond donors (Lipinski definition) is 2. The molecule has 0 bridgehead atoms. The molecule has 0 aliphatic heterocycles. The number of aromatic amines is 1. The number of benzene rings is 3. The summed E-state index contributed by atoms with van der Waals surface area (Å²) in [5, 5.41) is 3.00. The van der Waals surface area contributed by atoms with Gasteiger partial charge in [0.2, 0.25) is 0 Å². The van der Waals surface area contributed by atoms with Crippen molar-refractivity contribution in [3.05, 3.63) is 102 Å². The van der Waals surface area contributed by atoms with Gasteiger partial charge in [-0.05, 0) is 41.5 Å². The van der Waals surface area contributed by atoms with Crippen LogP contribution in [0.25, 0.3) is 22.7 Å². The fourth-order valence-corrected chi connectivity index (χ4v) is 3.40. The monoisotopic (exact) mass is 439 g/mol. The van der Waals surface area contributed by atoms with Crippen LogP contribution in [0, 0.1) is 0 Å². The van der Waals surface area contributed by atoms with Gasteiger partial charge in [0.25, 0.3) is 5.91 Å². The minimum absolute atomic E-state index is 0.233. The van der Waals surface area contributed by atoms with Crippen LogP contribution >= 0.6 is 0 Å². The smallest absolute Gasteiger partial charge is 0.255 e. The SMILES string of the molecule is C=CCOc1ccc(/C=C(/C(=O)NCc2ccccc2)c2nc3ccccc3[nH]2)cc1OC. The average molecular weight is 440 g/mol. The number of amides is 1. The molecule has 33 heavy (non-hydrogen) atoms. The van der Waals surface area contributed by atoms with E-state index in [1.807, 2.05) is 72.8 Å². The molecule has 0 aliphatic carbocycles. The van der Waals surface area contributed by atoms with Gasteiger partial charge in [0.1, 0.15) is 12.4 Å². The number of carbonyl (C=O) groups is 1. The van der Waals surface area contributed by atoms with Crippen LogP contribution in [0.3, 0.4) is 0 Å². The van der Waals surface area contributed by atoms with Crippen LogP contribution in [-0.4, -0.2) is 29.6 Å². The van der Waals surface area contributed by atoms with E-state index in [4.69, 9.17) is 9.47 Å². The van der Waals surface area contributed by atoms with Crippen molar-refractivity contribution in [3.8, 4) is 11.5 Å². The van der Waals surface area contributed by atoms with E-state index in [2.05, 4.69) is 21.9 Å². The van der Waals surface area contributed by atoms with Gasteiger partial charge in [-0.3, -0.25) is 4.79 Å². The number of para-hydroxylation sites is 2. The zero-order valence-electron chi connectivity index (χ0n) is 18.4. The fourth-order valence-electron chi connectivity index (χ4n) is 3.40. The van der Waals surface area contributed by atoms with E-state index >= 15 is 0 Å². The van der Waals surface area contributed by atoms with Gasteiger partial charge in [-0.25, -0.2) is 4.98 Å². The van der Waals surface area contributed by atoms with Crippen molar-refractivity contribution in [1.82, 2.24) is 15.3 Å². The lowest BCUT2D eigenvalue weighted by Gasteiger charge is -2.11. The number of fused-ring (bicyclic) bond motifs is 1. The van der Waals surface area contributed by atoms with Crippen LogP contribution in [-0.2, 0) is 11.3 Å². The van der Waals surface area contributed by atoms with Gasteiger partial charge in [0.15, 0.2) is 11.5 Å². The first-order valence-corrected chi connectivity index (χ1v) is 10.6. The lowest BCUT2D eigenvalue weighted by Crippen LogP contribution is -2.24. The number of methoxy groups -OCH3 is 1. The molecule has 1 aromatic heterocycles. The zero-order chi connectivity index (χ0) is 23.0. The molecule has 1 heterocycles. The second kappa shape index (κ2) is 10.3. The molecule has 166 valence electrons. The number of imidazole rings is 1. The highest BCUT2D eigenvalue weighted by molar-refractivity contribution is 6.23. The number of carbonyl (C=O) groups excluding carboxylic acids is 1. The Hall–Kier alpha value is -4.32. The third-order valence-corrected chi connectivity index (χ3v) is 5.04. The number of aromatic nitrogens is 2. The Bertz CT molecular complexity index is 1260. The topological polar surface area (TPSA) is 76.2 Å². The lowest BCUT2D eigenvalue weighted by molar-refractivity contribution is -0.115. The highest BCUT2D eigenvalue weighted by atomic mass is 16.5. The molecule has 0 atom stereocenters. The Kier molecular flexibility index (Phi) is 6.85. The largest absolute Gasteiger partial charge is 0.493 e. The van der Waals surface area contributed by atoms with Crippen LogP contribution in [0.4, 0.5) is 0 Å². The quantitative estimate of drug-likeness (QED) is 0.284. The highest BCUT2D eigenvalue weighted by Gasteiger charge is 2.17. The van der Waals surface area contributed by atoms with Crippen molar-refractivity contribution < 1.29 is 14.3 Å². The summed E-state index contributed by atoms with van der Waals surface area (Å²) in [7, 11) is 1.58. The molecule has 0 saturated carbocycles. The molecule has 0 fully saturated rings. The summed E-state index contributed by atoms with van der Waals surface area (Å²) in [5.41, 5.74) is 3.87. The molecule has 4 rings (SSSR count). The molecule has 4 aromatic rings. The molecular formula is C27H25N3O3. The van der Waals surface area contributed by atoms with Crippen LogP contribution in [0.2, 0.25) is 0 Å². The summed E-state index contributed by atoms with van der Waals surface area (Å²) < 4.78 is 11.1. The number of rotatable bonds is 9. The van der Waals surface area contributed by atoms with Gasteiger partial charge in [-0.1, -0.05) is 61.2 Å². The first-order chi connectivity index (χ1) is 16.2. The Morgan fingerprint density at radius 2 is 1.85 bits per heavy atom. The van der Waals surface area contributed by atoms with E-state index in [0.717, 1.165) is 22.2 Å². The second-order valence-electron chi connectivity index (χ2n) is 7.34. The second-order valence-corrected chi connectivity index (χ2v) is 7.34. The Labute approximate surface area is 192 Å². The van der Waals surface area contributed by atoms with Crippen molar-refractivity contribution in [1.29, 1.82) is 0 Å². The molecule has 1 amide bonds. The Morgan fingerprint density at radius 1 is 1.06 bits per heavy atom. The lowest BCUT2D eigenvalue weighted by atomic mass is 10.1. The van der Waals surface area contributed by atoms with E-state index in [1.165, 1.54) is 0 Å². The molecule has 2 N–H and O–H groups in total. The maximum atomic E-state index is 13.3. The summed E-state index contributed by atoms with van der Waals surface area (Å²) in [6, 6.07) is 23.0. The normalized spacial score (nSPS) is 11.2. The Balaban J connectivity index is 1.69. The minimum Gasteiger partial charge on any atom is -0.493 e. The Morgan fingerprint density at radius 3 is 2.61 bits per heavy atom. The van der Waals surface area contributed by atoms with Gasteiger partial charge in [0, 0.05) is 6.54 Å². The summed E-state index contributed by atoms with van der Waals surface area (Å²) in [6.45, 7) is 4.45. The van der Waals surface area contributed by atoms with Gasteiger partial charge in [-0.15, -0.1) is 0 Å². The standard InChI is InChI=1S/C27H25N3O3/c1-3-15-33-24-14-13-20(17-25(24)32-2)16-21(26-29-22-11-7-8-12-23(22)30-26)27(31)28-18-19-9-5-4-6-10-19/h3-14,16-17H,1,15,18H2,2H3,(H,28,31)(H,29,30)/b21-16+. The molecule has 6 nitrogen and oxygen atoms in total. The summed E-state index contributed by atoms with van der Waals surface area (Å²) >= 11 is 0. The van der Waals surface area contributed by atoms with Gasteiger partial charge in [0.05, 0.1) is 23.7 Å². The van der Waals surface area contributed by atoms with Crippen molar-refractivity contribution in [2.75, 3.05) is 13.7 Å². The summed E-state index contributed by atoms with van der Waals surface area (Å²) in [6.07, 6.45) is 3.46. The maximum Gasteiger partial charge on any atom is 0.255 e. The molecule has 0 radical (unpaired) electrons. The molecule has 3 aromatic carbocycles. The minimum atomic E-state index is -0.233. The van der Waals surface area contributed by atoms with Gasteiger partial charge >= 0.3 is 0 Å². The number of nitrogens with zero attached hydrogens (tertiary/aromatic N) is 1. The average Bonchev–Trinajstić information content (AvgIpc) is 3.29. The van der Waals surface area contributed by atoms with Crippen LogP contribution in [0.1, 0.15) is 17.0 Å². The molecule has 0 spiro atoms. The van der Waals surface area contributed by atoms with Crippen molar-refractivity contribution >= 4 is 28.6 Å². The number of ether oxygens (including phenoxy) is 2. The van der Waals surface area contributed by atoms with Crippen LogP contribution < -0.4 is 14.8 Å². The molecule has 0 aliphatic rings. The fraction of sp³-hybridized carbons (Fsp3) is 0.111. The van der Waals surface area contributed by atoms with E-state index in [-0.39, 0.29) is 5.91 Å². The third-order valence-electron chi connectivity index (χ3n) is 5.04. The summed E-state index contributed by atoms with van der Waals surface area (Å²) in [5.74, 6) is 1.43. The van der Waals surface area contributed by atoms with E-state index in [1.54, 1.807) is 19.3 Å². The first kappa shape index (κ1) is 21.9. The summed E-state index contributed by atoms with van der Waals surface area (Å²) in [4.78, 5) is 21.1. The van der Waals surface area contributed by atoms with E-state index < -0.39 is 0 Å². The molecule has 0 saturated heterocycles. The number of nitrogens with one attached hydrogen (secondary N) is 2. The number of hydrogen-bond acceptors (Lipinski definition) is 4. The van der Waals surface area contributed by atoms with Crippen LogP contribution in [0.15, 0.2) is 85.5 Å². The van der Waals surface area contributed by atoms with Crippen LogP contribution in [0.5, 0.6) is 11.5 Å².